The van der Waals surface area contributed by atoms with Crippen LogP contribution in [0, 0.1) is 21.4 Å². The van der Waals surface area contributed by atoms with Crippen molar-refractivity contribution < 1.29 is 28.0 Å². The lowest BCUT2D eigenvalue weighted by molar-refractivity contribution is -0.384. The first-order valence-electron chi connectivity index (χ1n) is 6.21. The van der Waals surface area contributed by atoms with Crippen molar-refractivity contribution in [3.8, 4) is 11.8 Å². The average molecular weight is 329 g/mol. The van der Waals surface area contributed by atoms with Crippen LogP contribution in [-0.2, 0) is 4.74 Å². The van der Waals surface area contributed by atoms with Gasteiger partial charge in [-0.1, -0.05) is 0 Å². The molecule has 1 rings (SSSR count). The summed E-state index contributed by atoms with van der Waals surface area (Å²) < 4.78 is 33.7. The summed E-state index contributed by atoms with van der Waals surface area (Å²) in [6.07, 6.45) is -1.02. The summed E-state index contributed by atoms with van der Waals surface area (Å²) >= 11 is 0. The molecule has 0 saturated heterocycles. The monoisotopic (exact) mass is 329 g/mol. The van der Waals surface area contributed by atoms with Gasteiger partial charge in [0.15, 0.2) is 0 Å². The fourth-order valence-electron chi connectivity index (χ4n) is 1.51. The number of nitrogens with zero attached hydrogens (tertiary/aromatic N) is 2. The molecule has 0 unspecified atom stereocenters. The number of carbonyl (C=O) groups is 1. The molecule has 0 aromatic heterocycles. The van der Waals surface area contributed by atoms with Crippen molar-refractivity contribution in [1.82, 2.24) is 0 Å². The molecule has 0 heterocycles. The molecule has 0 spiro atoms. The van der Waals surface area contributed by atoms with Crippen LogP contribution in [0.15, 0.2) is 12.1 Å². The predicted octanol–water partition coefficient (Wildman–Crippen LogP) is 3.41. The van der Waals surface area contributed by atoms with E-state index in [9.17, 15) is 23.7 Å². The van der Waals surface area contributed by atoms with Crippen LogP contribution >= 0.6 is 0 Å². The Kier molecular flexibility index (Phi) is 5.40. The number of nitrogens with one attached hydrogen (secondary N) is 1. The van der Waals surface area contributed by atoms with E-state index in [1.165, 1.54) is 6.07 Å². The summed E-state index contributed by atoms with van der Waals surface area (Å²) in [7, 11) is 0. The lowest BCUT2D eigenvalue weighted by Gasteiger charge is -2.19. The highest BCUT2D eigenvalue weighted by Gasteiger charge is 2.24. The number of rotatable bonds is 4. The zero-order valence-corrected chi connectivity index (χ0v) is 12.4. The molecule has 8 nitrogen and oxygen atoms in total. The third kappa shape index (κ3) is 5.39. The quantitative estimate of drug-likeness (QED) is 0.668. The van der Waals surface area contributed by atoms with Gasteiger partial charge in [-0.2, -0.15) is 14.0 Å². The normalized spacial score (nSPS) is 10.8. The molecule has 0 aliphatic carbocycles. The van der Waals surface area contributed by atoms with Gasteiger partial charge in [0.1, 0.15) is 28.7 Å². The highest BCUT2D eigenvalue weighted by atomic mass is 19.3. The van der Waals surface area contributed by atoms with Gasteiger partial charge in [0.25, 0.3) is 5.69 Å². The Morgan fingerprint density at radius 2 is 2.04 bits per heavy atom. The zero-order valence-electron chi connectivity index (χ0n) is 12.4. The summed E-state index contributed by atoms with van der Waals surface area (Å²) in [5.74, 6) is -0.598. The number of nitriles is 1. The van der Waals surface area contributed by atoms with Gasteiger partial charge >= 0.3 is 12.7 Å². The molecule has 10 heteroatoms. The van der Waals surface area contributed by atoms with Crippen LogP contribution < -0.4 is 10.1 Å². The zero-order chi connectivity index (χ0) is 17.8. The average Bonchev–Trinajstić information content (AvgIpc) is 2.35. The van der Waals surface area contributed by atoms with Crippen molar-refractivity contribution in [3.63, 3.8) is 0 Å². The molecule has 0 bridgehead atoms. The molecule has 0 radical (unpaired) electrons. The maximum atomic E-state index is 12.3. The Morgan fingerprint density at radius 3 is 2.48 bits per heavy atom. The molecule has 1 amide bonds. The van der Waals surface area contributed by atoms with Crippen LogP contribution in [0.2, 0.25) is 0 Å². The van der Waals surface area contributed by atoms with E-state index >= 15 is 0 Å². The molecule has 23 heavy (non-hydrogen) atoms. The second-order valence-electron chi connectivity index (χ2n) is 5.24. The van der Waals surface area contributed by atoms with Gasteiger partial charge in [-0.15, -0.1) is 0 Å². The van der Waals surface area contributed by atoms with Crippen molar-refractivity contribution in [3.05, 3.63) is 27.8 Å². The first-order valence-corrected chi connectivity index (χ1v) is 6.21. The van der Waals surface area contributed by atoms with Gasteiger partial charge in [-0.25, -0.2) is 4.79 Å². The minimum atomic E-state index is -3.24. The van der Waals surface area contributed by atoms with E-state index in [0.717, 1.165) is 12.1 Å². The molecule has 0 aliphatic rings. The van der Waals surface area contributed by atoms with Gasteiger partial charge in [-0.3, -0.25) is 15.4 Å². The Morgan fingerprint density at radius 1 is 1.43 bits per heavy atom. The number of benzene rings is 1. The molecule has 0 fully saturated rings. The molecule has 0 saturated carbocycles. The van der Waals surface area contributed by atoms with Crippen LogP contribution in [0.1, 0.15) is 26.3 Å². The van der Waals surface area contributed by atoms with Gasteiger partial charge in [0.2, 0.25) is 0 Å². The van der Waals surface area contributed by atoms with E-state index in [-0.39, 0.29) is 0 Å². The van der Waals surface area contributed by atoms with Crippen molar-refractivity contribution >= 4 is 17.5 Å². The minimum absolute atomic E-state index is 0.432. The number of nitro groups is 1. The second kappa shape index (κ2) is 6.87. The largest absolute Gasteiger partial charge is 0.444 e. The summed E-state index contributed by atoms with van der Waals surface area (Å²) in [6.45, 7) is 1.49. The SMILES string of the molecule is CC(C)(C)OC(=O)Nc1cc(OC(F)F)c(C#N)cc1[N+](=O)[O-]. The van der Waals surface area contributed by atoms with Gasteiger partial charge in [0.05, 0.1) is 4.92 Å². The van der Waals surface area contributed by atoms with E-state index in [1.54, 1.807) is 20.8 Å². The number of anilines is 1. The number of hydrogen-bond acceptors (Lipinski definition) is 6. The maximum Gasteiger partial charge on any atom is 0.412 e. The van der Waals surface area contributed by atoms with Crippen molar-refractivity contribution in [2.45, 2.75) is 33.0 Å². The van der Waals surface area contributed by atoms with Crippen LogP contribution in [0.4, 0.5) is 25.0 Å². The number of alkyl halides is 2. The summed E-state index contributed by atoms with van der Waals surface area (Å²) in [5, 5.41) is 21.9. The summed E-state index contributed by atoms with van der Waals surface area (Å²) in [5.41, 5.74) is -2.42. The van der Waals surface area contributed by atoms with Crippen LogP contribution in [-0.4, -0.2) is 23.2 Å². The minimum Gasteiger partial charge on any atom is -0.444 e. The molecule has 124 valence electrons. The Bertz CT molecular complexity index is 665. The molecular weight excluding hydrogens is 316 g/mol. The lowest BCUT2D eigenvalue weighted by Crippen LogP contribution is -2.27. The van der Waals surface area contributed by atoms with Crippen LogP contribution in [0.5, 0.6) is 5.75 Å². The molecular formula is C13H13F2N3O5. The van der Waals surface area contributed by atoms with Gasteiger partial charge in [0, 0.05) is 12.1 Å². The standard InChI is InChI=1S/C13H13F2N3O5/c1-13(2,3)23-12(19)17-8-5-10(22-11(14)15)7(6-16)4-9(8)18(20)21/h4-5,11H,1-3H3,(H,17,19). The van der Waals surface area contributed by atoms with E-state index in [1.807, 2.05) is 0 Å². The van der Waals surface area contributed by atoms with E-state index in [0.29, 0.717) is 0 Å². The summed E-state index contributed by atoms with van der Waals surface area (Å²) in [4.78, 5) is 21.8. The first kappa shape index (κ1) is 18.1. The number of amides is 1. The summed E-state index contributed by atoms with van der Waals surface area (Å²) in [6, 6.07) is 3.01. The van der Waals surface area contributed by atoms with Crippen molar-refractivity contribution in [2.75, 3.05) is 5.32 Å². The van der Waals surface area contributed by atoms with E-state index in [2.05, 4.69) is 10.1 Å². The number of hydrogen-bond donors (Lipinski definition) is 1. The van der Waals surface area contributed by atoms with Crippen LogP contribution in [0.3, 0.4) is 0 Å². The highest BCUT2D eigenvalue weighted by Crippen LogP contribution is 2.33. The molecule has 1 N–H and O–H groups in total. The first-order chi connectivity index (χ1) is 10.5. The maximum absolute atomic E-state index is 12.3. The topological polar surface area (TPSA) is 114 Å². The Hall–Kier alpha value is -2.96. The van der Waals surface area contributed by atoms with E-state index < -0.39 is 45.9 Å². The molecule has 1 aromatic carbocycles. The Balaban J connectivity index is 3.25. The molecule has 0 aliphatic heterocycles. The van der Waals surface area contributed by atoms with Crippen molar-refractivity contribution in [1.29, 1.82) is 5.26 Å². The number of carbonyl (C=O) groups excluding carboxylic acids is 1. The number of halogens is 2. The third-order valence-corrected chi connectivity index (χ3v) is 2.27. The molecule has 1 aromatic rings. The predicted molar refractivity (Wildman–Crippen MR) is 74.3 cm³/mol. The second-order valence-corrected chi connectivity index (χ2v) is 5.24. The number of nitro benzene ring substituents is 1. The van der Waals surface area contributed by atoms with E-state index in [4.69, 9.17) is 10.00 Å². The number of ether oxygens (including phenoxy) is 2. The lowest BCUT2D eigenvalue weighted by atomic mass is 10.1. The fourth-order valence-corrected chi connectivity index (χ4v) is 1.51. The van der Waals surface area contributed by atoms with Crippen molar-refractivity contribution in [2.24, 2.45) is 0 Å². The molecule has 0 atom stereocenters. The van der Waals surface area contributed by atoms with Gasteiger partial charge in [-0.05, 0) is 20.8 Å². The highest BCUT2D eigenvalue weighted by molar-refractivity contribution is 5.89. The smallest absolute Gasteiger partial charge is 0.412 e. The van der Waals surface area contributed by atoms with Crippen LogP contribution in [0.25, 0.3) is 0 Å². The Labute approximate surface area is 129 Å². The fraction of sp³-hybridized carbons (Fsp3) is 0.385. The third-order valence-electron chi connectivity index (χ3n) is 2.27. The van der Waals surface area contributed by atoms with Gasteiger partial charge < -0.3 is 9.47 Å².